The molecule has 110 valence electrons. The summed E-state index contributed by atoms with van der Waals surface area (Å²) in [6, 6.07) is 11.9. The van der Waals surface area contributed by atoms with Crippen LogP contribution in [-0.2, 0) is 0 Å². The number of rotatable bonds is 5. The summed E-state index contributed by atoms with van der Waals surface area (Å²) in [5, 5.41) is 14.9. The Labute approximate surface area is 127 Å². The average molecular weight is 307 g/mol. The van der Waals surface area contributed by atoms with Crippen molar-refractivity contribution in [1.29, 1.82) is 0 Å². The highest BCUT2D eigenvalue weighted by Gasteiger charge is 2.18. The summed E-state index contributed by atoms with van der Waals surface area (Å²) in [5.41, 5.74) is 1.27. The van der Waals surface area contributed by atoms with Crippen LogP contribution in [0.15, 0.2) is 42.5 Å². The molecule has 0 fully saturated rings. The number of nitro benzene ring substituents is 1. The van der Waals surface area contributed by atoms with E-state index in [1.807, 2.05) is 25.1 Å². The quantitative estimate of drug-likeness (QED) is 0.655. The number of hydrogen-bond donors (Lipinski definition) is 1. The first-order valence-corrected chi connectivity index (χ1v) is 6.74. The number of nitro groups is 1. The zero-order valence-corrected chi connectivity index (χ0v) is 12.4. The standard InChI is InChI=1S/C15H15ClN2O3/c1-10(12-5-3-4-6-13(12)16)17-14-8-7-11(21-2)9-15(14)18(19)20/h3-10,17H,1-2H3. The number of nitrogens with zero attached hydrogens (tertiary/aromatic N) is 1. The molecule has 0 aliphatic heterocycles. The van der Waals surface area contributed by atoms with Gasteiger partial charge in [-0.3, -0.25) is 10.1 Å². The van der Waals surface area contributed by atoms with Gasteiger partial charge >= 0.3 is 0 Å². The molecule has 0 bridgehead atoms. The van der Waals surface area contributed by atoms with Crippen molar-refractivity contribution in [2.45, 2.75) is 13.0 Å². The highest BCUT2D eigenvalue weighted by Crippen LogP contribution is 2.33. The molecule has 0 aliphatic rings. The second-order valence-corrected chi connectivity index (χ2v) is 4.93. The molecule has 2 aromatic carbocycles. The zero-order chi connectivity index (χ0) is 15.4. The molecular weight excluding hydrogens is 292 g/mol. The van der Waals surface area contributed by atoms with E-state index in [1.165, 1.54) is 13.2 Å². The third-order valence-electron chi connectivity index (χ3n) is 3.15. The summed E-state index contributed by atoms with van der Waals surface area (Å²) in [6.07, 6.45) is 0. The van der Waals surface area contributed by atoms with E-state index >= 15 is 0 Å². The molecule has 6 heteroatoms. The van der Waals surface area contributed by atoms with Gasteiger partial charge in [0.05, 0.1) is 24.1 Å². The van der Waals surface area contributed by atoms with Gasteiger partial charge in [-0.15, -0.1) is 0 Å². The second-order valence-electron chi connectivity index (χ2n) is 4.53. The minimum atomic E-state index is -0.440. The Morgan fingerprint density at radius 3 is 2.62 bits per heavy atom. The topological polar surface area (TPSA) is 64.4 Å². The average Bonchev–Trinajstić information content (AvgIpc) is 2.47. The van der Waals surface area contributed by atoms with Crippen LogP contribution in [0.1, 0.15) is 18.5 Å². The van der Waals surface area contributed by atoms with Gasteiger partial charge in [0.15, 0.2) is 0 Å². The van der Waals surface area contributed by atoms with Crippen LogP contribution in [0.4, 0.5) is 11.4 Å². The molecule has 0 aromatic heterocycles. The van der Waals surface area contributed by atoms with Crippen LogP contribution in [0.25, 0.3) is 0 Å². The third kappa shape index (κ3) is 3.44. The molecule has 5 nitrogen and oxygen atoms in total. The fraction of sp³-hybridized carbons (Fsp3) is 0.200. The molecule has 0 amide bonds. The molecule has 1 atom stereocenters. The molecule has 0 aliphatic carbocycles. The van der Waals surface area contributed by atoms with Crippen molar-refractivity contribution < 1.29 is 9.66 Å². The second kappa shape index (κ2) is 6.45. The van der Waals surface area contributed by atoms with Gasteiger partial charge in [0.25, 0.3) is 5.69 Å². The van der Waals surface area contributed by atoms with Crippen molar-refractivity contribution in [3.63, 3.8) is 0 Å². The van der Waals surface area contributed by atoms with E-state index in [1.54, 1.807) is 18.2 Å². The van der Waals surface area contributed by atoms with Gasteiger partial charge in [-0.25, -0.2) is 0 Å². The van der Waals surface area contributed by atoms with Gasteiger partial charge in [-0.1, -0.05) is 29.8 Å². The molecule has 0 heterocycles. The van der Waals surface area contributed by atoms with Gasteiger partial charge in [-0.2, -0.15) is 0 Å². The van der Waals surface area contributed by atoms with Gasteiger partial charge in [0, 0.05) is 5.02 Å². The maximum Gasteiger partial charge on any atom is 0.296 e. The molecule has 21 heavy (non-hydrogen) atoms. The predicted octanol–water partition coefficient (Wildman–Crippen LogP) is 4.43. The van der Waals surface area contributed by atoms with E-state index in [2.05, 4.69) is 5.32 Å². The molecule has 2 aromatic rings. The van der Waals surface area contributed by atoms with Crippen LogP contribution in [-0.4, -0.2) is 12.0 Å². The summed E-state index contributed by atoms with van der Waals surface area (Å²) in [4.78, 5) is 10.7. The van der Waals surface area contributed by atoms with Crippen molar-refractivity contribution in [3.8, 4) is 5.75 Å². The Bertz CT molecular complexity index is 661. The monoisotopic (exact) mass is 306 g/mol. The SMILES string of the molecule is COc1ccc(NC(C)c2ccccc2Cl)c([N+](=O)[O-])c1. The van der Waals surface area contributed by atoms with Gasteiger partial charge < -0.3 is 10.1 Å². The maximum absolute atomic E-state index is 11.2. The predicted molar refractivity (Wildman–Crippen MR) is 83.1 cm³/mol. The minimum absolute atomic E-state index is 0.0340. The lowest BCUT2D eigenvalue weighted by molar-refractivity contribution is -0.384. The van der Waals surface area contributed by atoms with E-state index in [0.717, 1.165) is 5.56 Å². The molecule has 2 rings (SSSR count). The highest BCUT2D eigenvalue weighted by atomic mass is 35.5. The third-order valence-corrected chi connectivity index (χ3v) is 3.49. The van der Waals surface area contributed by atoms with Gasteiger partial charge in [0.2, 0.25) is 0 Å². The number of halogens is 1. The van der Waals surface area contributed by atoms with Crippen molar-refractivity contribution >= 4 is 23.0 Å². The lowest BCUT2D eigenvalue weighted by Gasteiger charge is -2.17. The fourth-order valence-electron chi connectivity index (χ4n) is 2.05. The summed E-state index contributed by atoms with van der Waals surface area (Å²) < 4.78 is 5.02. The molecule has 0 spiro atoms. The number of methoxy groups -OCH3 is 1. The number of ether oxygens (including phenoxy) is 1. The molecule has 0 saturated carbocycles. The largest absolute Gasteiger partial charge is 0.496 e. The lowest BCUT2D eigenvalue weighted by Crippen LogP contribution is -2.09. The lowest BCUT2D eigenvalue weighted by atomic mass is 10.1. The fourth-order valence-corrected chi connectivity index (χ4v) is 2.35. The first-order chi connectivity index (χ1) is 10.0. The highest BCUT2D eigenvalue weighted by molar-refractivity contribution is 6.31. The molecule has 0 saturated heterocycles. The summed E-state index contributed by atoms with van der Waals surface area (Å²) >= 11 is 6.14. The number of benzene rings is 2. The molecular formula is C15H15ClN2O3. The zero-order valence-electron chi connectivity index (χ0n) is 11.7. The number of nitrogens with one attached hydrogen (secondary N) is 1. The number of hydrogen-bond acceptors (Lipinski definition) is 4. The van der Waals surface area contributed by atoms with Crippen LogP contribution in [0.3, 0.4) is 0 Å². The Kier molecular flexibility index (Phi) is 4.65. The van der Waals surface area contributed by atoms with Crippen LogP contribution in [0.2, 0.25) is 5.02 Å². The van der Waals surface area contributed by atoms with Crippen molar-refractivity contribution in [2.75, 3.05) is 12.4 Å². The smallest absolute Gasteiger partial charge is 0.296 e. The Hall–Kier alpha value is -2.27. The van der Waals surface area contributed by atoms with Crippen LogP contribution < -0.4 is 10.1 Å². The van der Waals surface area contributed by atoms with Gasteiger partial charge in [-0.05, 0) is 30.7 Å². The van der Waals surface area contributed by atoms with E-state index in [9.17, 15) is 10.1 Å². The first kappa shape index (κ1) is 15.1. The Balaban J connectivity index is 2.31. The van der Waals surface area contributed by atoms with Crippen LogP contribution in [0.5, 0.6) is 5.75 Å². The minimum Gasteiger partial charge on any atom is -0.496 e. The van der Waals surface area contributed by atoms with Crippen molar-refractivity contribution in [1.82, 2.24) is 0 Å². The first-order valence-electron chi connectivity index (χ1n) is 6.36. The Morgan fingerprint density at radius 1 is 1.29 bits per heavy atom. The van der Waals surface area contributed by atoms with E-state index in [-0.39, 0.29) is 11.7 Å². The van der Waals surface area contributed by atoms with E-state index in [4.69, 9.17) is 16.3 Å². The van der Waals surface area contributed by atoms with Crippen LogP contribution in [0, 0.1) is 10.1 Å². The van der Waals surface area contributed by atoms with Crippen molar-refractivity contribution in [3.05, 3.63) is 63.2 Å². The summed E-state index contributed by atoms with van der Waals surface area (Å²) in [6.45, 7) is 1.90. The normalized spacial score (nSPS) is 11.8. The van der Waals surface area contributed by atoms with E-state index in [0.29, 0.717) is 16.5 Å². The summed E-state index contributed by atoms with van der Waals surface area (Å²) in [7, 11) is 1.47. The number of anilines is 1. The molecule has 0 radical (unpaired) electrons. The van der Waals surface area contributed by atoms with Crippen molar-refractivity contribution in [2.24, 2.45) is 0 Å². The van der Waals surface area contributed by atoms with Crippen LogP contribution >= 0.6 is 11.6 Å². The molecule has 1 unspecified atom stereocenters. The van der Waals surface area contributed by atoms with Gasteiger partial charge in [0.1, 0.15) is 11.4 Å². The maximum atomic E-state index is 11.2. The Morgan fingerprint density at radius 2 is 2.00 bits per heavy atom. The summed E-state index contributed by atoms with van der Waals surface area (Å²) in [5.74, 6) is 0.442. The molecule has 1 N–H and O–H groups in total. The van der Waals surface area contributed by atoms with E-state index < -0.39 is 4.92 Å².